The second-order valence-electron chi connectivity index (χ2n) is 4.46. The summed E-state index contributed by atoms with van der Waals surface area (Å²) in [6, 6.07) is 7.92. The van der Waals surface area contributed by atoms with Crippen molar-refractivity contribution in [3.05, 3.63) is 40.1 Å². The van der Waals surface area contributed by atoms with Crippen molar-refractivity contribution in [1.82, 2.24) is 5.43 Å². The van der Waals surface area contributed by atoms with Crippen LogP contribution in [0.25, 0.3) is 0 Å². The highest BCUT2D eigenvalue weighted by molar-refractivity contribution is 7.09. The van der Waals surface area contributed by atoms with Gasteiger partial charge < -0.3 is 14.2 Å². The van der Waals surface area contributed by atoms with Crippen molar-refractivity contribution in [3.63, 3.8) is 0 Å². The van der Waals surface area contributed by atoms with Gasteiger partial charge in [0.1, 0.15) is 0 Å². The van der Waals surface area contributed by atoms with E-state index in [0.29, 0.717) is 17.2 Å². The molecule has 1 unspecified atom stereocenters. The fraction of sp³-hybridized carbons (Fsp3) is 0.333. The van der Waals surface area contributed by atoms with Crippen LogP contribution in [0.2, 0.25) is 0 Å². The van der Waals surface area contributed by atoms with Crippen LogP contribution in [0, 0.1) is 0 Å². The smallest absolute Gasteiger partial charge is 0.203 e. The molecule has 0 aliphatic heterocycles. The molecule has 0 amide bonds. The first kappa shape index (κ1) is 15.6. The molecule has 3 N–H and O–H groups in total. The number of rotatable bonds is 7. The molecule has 21 heavy (non-hydrogen) atoms. The SMILES string of the molecule is COc1cc(C(Cc2cccs2)NN)cc(OC)c1OC. The van der Waals surface area contributed by atoms with Crippen molar-refractivity contribution >= 4 is 11.3 Å². The highest BCUT2D eigenvalue weighted by atomic mass is 32.1. The summed E-state index contributed by atoms with van der Waals surface area (Å²) in [6.45, 7) is 0. The van der Waals surface area contributed by atoms with Crippen molar-refractivity contribution in [2.75, 3.05) is 21.3 Å². The highest BCUT2D eigenvalue weighted by Gasteiger charge is 2.18. The Kier molecular flexibility index (Phi) is 5.44. The molecule has 0 aliphatic rings. The fourth-order valence-corrected chi connectivity index (χ4v) is 2.96. The number of hydrogen-bond acceptors (Lipinski definition) is 6. The van der Waals surface area contributed by atoms with Gasteiger partial charge in [0.15, 0.2) is 11.5 Å². The van der Waals surface area contributed by atoms with Crippen LogP contribution in [-0.2, 0) is 6.42 Å². The van der Waals surface area contributed by atoms with Gasteiger partial charge in [-0.25, -0.2) is 0 Å². The van der Waals surface area contributed by atoms with Crippen LogP contribution >= 0.6 is 11.3 Å². The van der Waals surface area contributed by atoms with E-state index in [2.05, 4.69) is 16.9 Å². The average molecular weight is 308 g/mol. The molecule has 0 fully saturated rings. The number of nitrogens with two attached hydrogens (primary N) is 1. The number of hydrogen-bond donors (Lipinski definition) is 2. The van der Waals surface area contributed by atoms with Crippen LogP contribution in [0.5, 0.6) is 17.2 Å². The molecule has 2 rings (SSSR count). The second-order valence-corrected chi connectivity index (χ2v) is 5.49. The molecule has 1 atom stereocenters. The summed E-state index contributed by atoms with van der Waals surface area (Å²) < 4.78 is 16.1. The third-order valence-electron chi connectivity index (χ3n) is 3.28. The molecule has 0 radical (unpaired) electrons. The van der Waals surface area contributed by atoms with Gasteiger partial charge in [0.2, 0.25) is 5.75 Å². The van der Waals surface area contributed by atoms with Crippen LogP contribution in [0.1, 0.15) is 16.5 Å². The number of ether oxygens (including phenoxy) is 3. The van der Waals surface area contributed by atoms with Gasteiger partial charge in [-0.2, -0.15) is 0 Å². The van der Waals surface area contributed by atoms with Crippen molar-refractivity contribution in [3.8, 4) is 17.2 Å². The van der Waals surface area contributed by atoms with Gasteiger partial charge in [-0.3, -0.25) is 11.3 Å². The lowest BCUT2D eigenvalue weighted by molar-refractivity contribution is 0.323. The van der Waals surface area contributed by atoms with E-state index >= 15 is 0 Å². The van der Waals surface area contributed by atoms with Gasteiger partial charge in [-0.15, -0.1) is 11.3 Å². The Morgan fingerprint density at radius 1 is 1.14 bits per heavy atom. The first-order chi connectivity index (χ1) is 10.2. The van der Waals surface area contributed by atoms with Gasteiger partial charge in [0, 0.05) is 11.3 Å². The minimum atomic E-state index is -0.0302. The minimum absolute atomic E-state index is 0.0302. The summed E-state index contributed by atoms with van der Waals surface area (Å²) in [6.07, 6.45) is 0.798. The summed E-state index contributed by atoms with van der Waals surface area (Å²) in [5.74, 6) is 7.54. The highest BCUT2D eigenvalue weighted by Crippen LogP contribution is 2.40. The lowest BCUT2D eigenvalue weighted by Gasteiger charge is -2.19. The Morgan fingerprint density at radius 2 is 1.81 bits per heavy atom. The van der Waals surface area contributed by atoms with Crippen LogP contribution in [-0.4, -0.2) is 21.3 Å². The third kappa shape index (κ3) is 3.47. The Bertz CT molecular complexity index is 547. The van der Waals surface area contributed by atoms with E-state index < -0.39 is 0 Å². The molecule has 114 valence electrons. The van der Waals surface area contributed by atoms with Crippen molar-refractivity contribution < 1.29 is 14.2 Å². The molecule has 1 heterocycles. The largest absolute Gasteiger partial charge is 0.493 e. The average Bonchev–Trinajstić information content (AvgIpc) is 3.04. The lowest BCUT2D eigenvalue weighted by atomic mass is 10.0. The molecule has 5 nitrogen and oxygen atoms in total. The molecule has 0 saturated carbocycles. The zero-order chi connectivity index (χ0) is 15.2. The van der Waals surface area contributed by atoms with E-state index in [9.17, 15) is 0 Å². The number of nitrogens with one attached hydrogen (secondary N) is 1. The predicted molar refractivity (Wildman–Crippen MR) is 84.2 cm³/mol. The van der Waals surface area contributed by atoms with Crippen LogP contribution in [0.15, 0.2) is 29.6 Å². The molecule has 0 bridgehead atoms. The van der Waals surface area contributed by atoms with E-state index in [1.54, 1.807) is 32.7 Å². The molecular weight excluding hydrogens is 288 g/mol. The quantitative estimate of drug-likeness (QED) is 0.608. The van der Waals surface area contributed by atoms with E-state index in [4.69, 9.17) is 20.1 Å². The second kappa shape index (κ2) is 7.31. The number of benzene rings is 1. The minimum Gasteiger partial charge on any atom is -0.493 e. The first-order valence-corrected chi connectivity index (χ1v) is 7.39. The first-order valence-electron chi connectivity index (χ1n) is 6.51. The molecule has 0 aliphatic carbocycles. The van der Waals surface area contributed by atoms with E-state index in [-0.39, 0.29) is 6.04 Å². The standard InChI is InChI=1S/C15H20N2O3S/c1-18-13-7-10(8-14(19-2)15(13)20-3)12(17-16)9-11-5-4-6-21-11/h4-8,12,17H,9,16H2,1-3H3. The molecule has 1 aromatic carbocycles. The summed E-state index contributed by atoms with van der Waals surface area (Å²) in [5, 5.41) is 2.05. The van der Waals surface area contributed by atoms with E-state index in [0.717, 1.165) is 12.0 Å². The third-order valence-corrected chi connectivity index (χ3v) is 4.17. The van der Waals surface area contributed by atoms with Crippen LogP contribution < -0.4 is 25.5 Å². The topological polar surface area (TPSA) is 65.7 Å². The van der Waals surface area contributed by atoms with E-state index in [1.165, 1.54) is 4.88 Å². The Labute approximate surface area is 128 Å². The van der Waals surface area contributed by atoms with Gasteiger partial charge >= 0.3 is 0 Å². The van der Waals surface area contributed by atoms with Crippen molar-refractivity contribution in [1.29, 1.82) is 0 Å². The van der Waals surface area contributed by atoms with Gasteiger partial charge in [0.05, 0.1) is 27.4 Å². The number of methoxy groups -OCH3 is 3. The normalized spacial score (nSPS) is 12.0. The molecular formula is C15H20N2O3S. The summed E-state index contributed by atoms with van der Waals surface area (Å²) in [5.41, 5.74) is 3.84. The summed E-state index contributed by atoms with van der Waals surface area (Å²) in [4.78, 5) is 1.26. The Hall–Kier alpha value is -1.76. The Morgan fingerprint density at radius 3 is 2.24 bits per heavy atom. The van der Waals surface area contributed by atoms with E-state index in [1.807, 2.05) is 18.2 Å². The predicted octanol–water partition coefficient (Wildman–Crippen LogP) is 2.52. The van der Waals surface area contributed by atoms with Crippen LogP contribution in [0.4, 0.5) is 0 Å². The maximum atomic E-state index is 5.72. The van der Waals surface area contributed by atoms with Gasteiger partial charge in [0.25, 0.3) is 0 Å². The Balaban J connectivity index is 2.36. The summed E-state index contributed by atoms with van der Waals surface area (Å²) >= 11 is 1.71. The van der Waals surface area contributed by atoms with Gasteiger partial charge in [-0.1, -0.05) is 6.07 Å². The molecule has 6 heteroatoms. The molecule has 1 aromatic heterocycles. The summed E-state index contributed by atoms with van der Waals surface area (Å²) in [7, 11) is 4.79. The monoisotopic (exact) mass is 308 g/mol. The maximum absolute atomic E-state index is 5.72. The fourth-order valence-electron chi connectivity index (χ4n) is 2.21. The lowest BCUT2D eigenvalue weighted by Crippen LogP contribution is -2.29. The van der Waals surface area contributed by atoms with Crippen molar-refractivity contribution in [2.45, 2.75) is 12.5 Å². The van der Waals surface area contributed by atoms with Crippen LogP contribution in [0.3, 0.4) is 0 Å². The number of hydrazine groups is 1. The molecule has 0 spiro atoms. The number of thiophene rings is 1. The van der Waals surface area contributed by atoms with Crippen molar-refractivity contribution in [2.24, 2.45) is 5.84 Å². The zero-order valence-electron chi connectivity index (χ0n) is 12.4. The molecule has 2 aromatic rings. The maximum Gasteiger partial charge on any atom is 0.203 e. The zero-order valence-corrected chi connectivity index (χ0v) is 13.2. The molecule has 0 saturated heterocycles. The van der Waals surface area contributed by atoms with Gasteiger partial charge in [-0.05, 0) is 29.1 Å².